The van der Waals surface area contributed by atoms with Gasteiger partial charge < -0.3 is 9.84 Å². The van der Waals surface area contributed by atoms with E-state index in [0.717, 1.165) is 32.7 Å². The van der Waals surface area contributed by atoms with Crippen molar-refractivity contribution < 1.29 is 14.6 Å². The molecular weight excluding hydrogens is 352 g/mol. The summed E-state index contributed by atoms with van der Waals surface area (Å²) >= 11 is 0. The molecule has 0 unspecified atom stereocenters. The Hall–Kier alpha value is -2.47. The fraction of sp³-hybridized carbons (Fsp3) is 0.348. The van der Waals surface area contributed by atoms with Crippen LogP contribution in [0.5, 0.6) is 0 Å². The van der Waals surface area contributed by atoms with E-state index in [1.807, 2.05) is 6.08 Å². The molecular formula is C23H28N2O3. The number of nitrogens with zero attached hydrogens (tertiary/aromatic N) is 2. The molecule has 0 bridgehead atoms. The fourth-order valence-electron chi connectivity index (χ4n) is 3.59. The summed E-state index contributed by atoms with van der Waals surface area (Å²) in [4.78, 5) is 15.4. The number of ether oxygens (including phenoxy) is 1. The highest BCUT2D eigenvalue weighted by Crippen LogP contribution is 2.29. The topological polar surface area (TPSA) is 53.0 Å². The van der Waals surface area contributed by atoms with Crippen molar-refractivity contribution in [3.05, 3.63) is 83.9 Å². The molecule has 0 aliphatic carbocycles. The Kier molecular flexibility index (Phi) is 7.79. The standard InChI is InChI=1S/C23H28N2O3/c26-22(27)19-28-18-8-7-13-24-14-16-25(17-15-24)23(20-9-3-1-4-10-20)21-11-5-2-6-12-21/h1-12,23H,13-19H2,(H,26,27)/b8-7-. The summed E-state index contributed by atoms with van der Waals surface area (Å²) in [7, 11) is 0. The van der Waals surface area contributed by atoms with Crippen LogP contribution in [-0.4, -0.2) is 66.8 Å². The van der Waals surface area contributed by atoms with Gasteiger partial charge in [0.05, 0.1) is 12.6 Å². The van der Waals surface area contributed by atoms with Crippen molar-refractivity contribution in [2.24, 2.45) is 0 Å². The highest BCUT2D eigenvalue weighted by Gasteiger charge is 2.25. The van der Waals surface area contributed by atoms with E-state index in [9.17, 15) is 4.79 Å². The molecule has 1 fully saturated rings. The molecule has 1 aliphatic rings. The average Bonchev–Trinajstić information content (AvgIpc) is 2.73. The Morgan fingerprint density at radius 3 is 2.04 bits per heavy atom. The largest absolute Gasteiger partial charge is 0.480 e. The maximum Gasteiger partial charge on any atom is 0.329 e. The van der Waals surface area contributed by atoms with Gasteiger partial charge in [-0.05, 0) is 11.1 Å². The van der Waals surface area contributed by atoms with E-state index in [1.54, 1.807) is 0 Å². The number of carboxylic acid groups (broad SMARTS) is 1. The predicted octanol–water partition coefficient (Wildman–Crippen LogP) is 3.05. The van der Waals surface area contributed by atoms with Gasteiger partial charge in [0.25, 0.3) is 0 Å². The Labute approximate surface area is 166 Å². The molecule has 1 saturated heterocycles. The number of aliphatic carboxylic acids is 1. The van der Waals surface area contributed by atoms with Crippen molar-refractivity contribution in [2.45, 2.75) is 6.04 Å². The van der Waals surface area contributed by atoms with Gasteiger partial charge in [0, 0.05) is 32.7 Å². The van der Waals surface area contributed by atoms with Gasteiger partial charge in [-0.25, -0.2) is 4.79 Å². The lowest BCUT2D eigenvalue weighted by Gasteiger charge is -2.39. The summed E-state index contributed by atoms with van der Waals surface area (Å²) in [6, 6.07) is 21.7. The van der Waals surface area contributed by atoms with E-state index in [1.165, 1.54) is 11.1 Å². The van der Waals surface area contributed by atoms with Crippen molar-refractivity contribution in [3.63, 3.8) is 0 Å². The SMILES string of the molecule is O=C(O)COC/C=C\CN1CCN(C(c2ccccc2)c2ccccc2)CC1. The molecule has 28 heavy (non-hydrogen) atoms. The van der Waals surface area contributed by atoms with Crippen LogP contribution in [0.1, 0.15) is 17.2 Å². The number of benzene rings is 2. The highest BCUT2D eigenvalue weighted by molar-refractivity contribution is 5.68. The number of carbonyl (C=O) groups is 1. The molecule has 0 spiro atoms. The minimum absolute atomic E-state index is 0.247. The minimum atomic E-state index is -0.934. The smallest absolute Gasteiger partial charge is 0.329 e. The second kappa shape index (κ2) is 10.8. The van der Waals surface area contributed by atoms with E-state index in [0.29, 0.717) is 6.61 Å². The Balaban J connectivity index is 1.54. The summed E-state index contributed by atoms with van der Waals surface area (Å²) in [6.07, 6.45) is 3.95. The van der Waals surface area contributed by atoms with Crippen molar-refractivity contribution in [3.8, 4) is 0 Å². The molecule has 0 atom stereocenters. The molecule has 3 rings (SSSR count). The van der Waals surface area contributed by atoms with Gasteiger partial charge in [-0.3, -0.25) is 9.80 Å². The molecule has 2 aromatic carbocycles. The molecule has 1 heterocycles. The van der Waals surface area contributed by atoms with Gasteiger partial charge in [-0.1, -0.05) is 72.8 Å². The Bertz CT molecular complexity index is 701. The molecule has 1 N–H and O–H groups in total. The van der Waals surface area contributed by atoms with E-state index < -0.39 is 5.97 Å². The van der Waals surface area contributed by atoms with Gasteiger partial charge in [0.2, 0.25) is 0 Å². The number of hydrogen-bond donors (Lipinski definition) is 1. The van der Waals surface area contributed by atoms with E-state index >= 15 is 0 Å². The van der Waals surface area contributed by atoms with Gasteiger partial charge in [0.1, 0.15) is 6.61 Å². The maximum absolute atomic E-state index is 10.4. The van der Waals surface area contributed by atoms with Crippen LogP contribution in [0.3, 0.4) is 0 Å². The first-order chi connectivity index (χ1) is 13.7. The Morgan fingerprint density at radius 1 is 0.929 bits per heavy atom. The molecule has 5 nitrogen and oxygen atoms in total. The number of carboxylic acids is 1. The normalized spacial score (nSPS) is 16.0. The zero-order valence-electron chi connectivity index (χ0n) is 16.1. The predicted molar refractivity (Wildman–Crippen MR) is 110 cm³/mol. The summed E-state index contributed by atoms with van der Waals surface area (Å²) < 4.78 is 5.02. The molecule has 0 amide bonds. The number of rotatable bonds is 9. The van der Waals surface area contributed by atoms with E-state index in [-0.39, 0.29) is 12.6 Å². The van der Waals surface area contributed by atoms with Crippen LogP contribution >= 0.6 is 0 Å². The molecule has 2 aromatic rings. The minimum Gasteiger partial charge on any atom is -0.480 e. The average molecular weight is 380 g/mol. The van der Waals surface area contributed by atoms with Gasteiger partial charge in [-0.15, -0.1) is 0 Å². The zero-order valence-corrected chi connectivity index (χ0v) is 16.1. The fourth-order valence-corrected chi connectivity index (χ4v) is 3.59. The third-order valence-corrected chi connectivity index (χ3v) is 4.97. The summed E-state index contributed by atoms with van der Waals surface area (Å²) in [6.45, 7) is 5.01. The number of hydrogen-bond acceptors (Lipinski definition) is 4. The van der Waals surface area contributed by atoms with Crippen LogP contribution in [0.15, 0.2) is 72.8 Å². The van der Waals surface area contributed by atoms with Crippen LogP contribution in [-0.2, 0) is 9.53 Å². The van der Waals surface area contributed by atoms with E-state index in [2.05, 4.69) is 76.5 Å². The molecule has 1 aliphatic heterocycles. The lowest BCUT2D eigenvalue weighted by molar-refractivity contribution is -0.141. The van der Waals surface area contributed by atoms with Gasteiger partial charge in [0.15, 0.2) is 0 Å². The van der Waals surface area contributed by atoms with Crippen LogP contribution < -0.4 is 0 Å². The van der Waals surface area contributed by atoms with Crippen LogP contribution in [0.2, 0.25) is 0 Å². The summed E-state index contributed by atoms with van der Waals surface area (Å²) in [5.41, 5.74) is 2.66. The summed E-state index contributed by atoms with van der Waals surface area (Å²) in [5, 5.41) is 8.55. The molecule has 0 saturated carbocycles. The third kappa shape index (κ3) is 6.02. The molecule has 0 aromatic heterocycles. The van der Waals surface area contributed by atoms with Crippen LogP contribution in [0.25, 0.3) is 0 Å². The lowest BCUT2D eigenvalue weighted by atomic mass is 9.96. The van der Waals surface area contributed by atoms with Gasteiger partial charge >= 0.3 is 5.97 Å². The highest BCUT2D eigenvalue weighted by atomic mass is 16.5. The van der Waals surface area contributed by atoms with Crippen LogP contribution in [0, 0.1) is 0 Å². The quantitative estimate of drug-likeness (QED) is 0.535. The second-order valence-electron chi connectivity index (χ2n) is 6.94. The van der Waals surface area contributed by atoms with E-state index in [4.69, 9.17) is 9.84 Å². The van der Waals surface area contributed by atoms with Gasteiger partial charge in [-0.2, -0.15) is 0 Å². The van der Waals surface area contributed by atoms with Crippen LogP contribution in [0.4, 0.5) is 0 Å². The van der Waals surface area contributed by atoms with Crippen molar-refractivity contribution in [1.29, 1.82) is 0 Å². The van der Waals surface area contributed by atoms with Crippen molar-refractivity contribution in [1.82, 2.24) is 9.80 Å². The molecule has 5 heteroatoms. The summed E-state index contributed by atoms with van der Waals surface area (Å²) in [5.74, 6) is -0.934. The maximum atomic E-state index is 10.4. The molecule has 148 valence electrons. The molecule has 0 radical (unpaired) electrons. The van der Waals surface area contributed by atoms with Crippen molar-refractivity contribution in [2.75, 3.05) is 45.9 Å². The monoisotopic (exact) mass is 380 g/mol. The second-order valence-corrected chi connectivity index (χ2v) is 6.94. The zero-order chi connectivity index (χ0) is 19.6. The van der Waals surface area contributed by atoms with Crippen molar-refractivity contribution >= 4 is 5.97 Å². The Morgan fingerprint density at radius 2 is 1.50 bits per heavy atom. The third-order valence-electron chi connectivity index (χ3n) is 4.97. The first-order valence-corrected chi connectivity index (χ1v) is 9.75. The number of piperazine rings is 1. The lowest BCUT2D eigenvalue weighted by Crippen LogP contribution is -2.47. The first-order valence-electron chi connectivity index (χ1n) is 9.75. The first kappa shape index (κ1) is 20.3.